The molecule has 1 aromatic heterocycles. The van der Waals surface area contributed by atoms with E-state index in [1.807, 2.05) is 0 Å². The van der Waals surface area contributed by atoms with Crippen molar-refractivity contribution in [1.29, 1.82) is 0 Å². The van der Waals surface area contributed by atoms with Gasteiger partial charge in [-0.3, -0.25) is 23.4 Å². The first-order valence-electron chi connectivity index (χ1n) is 12.8. The van der Waals surface area contributed by atoms with E-state index >= 15 is 0 Å². The van der Waals surface area contributed by atoms with E-state index < -0.39 is 48.5 Å². The minimum Gasteiger partial charge on any atom is -0.457 e. The van der Waals surface area contributed by atoms with Crippen molar-refractivity contribution in [1.82, 2.24) is 9.55 Å². The predicted octanol–water partition coefficient (Wildman–Crippen LogP) is 4.16. The van der Waals surface area contributed by atoms with Crippen LogP contribution in [0.3, 0.4) is 0 Å². The number of hydrogen-bond donors (Lipinski definition) is 1. The van der Waals surface area contributed by atoms with Crippen LogP contribution in [-0.4, -0.2) is 46.2 Å². The van der Waals surface area contributed by atoms with Crippen LogP contribution in [0.5, 0.6) is 0 Å². The molecule has 1 saturated heterocycles. The Balaban J connectivity index is 1.35. The van der Waals surface area contributed by atoms with Crippen molar-refractivity contribution in [3.05, 3.63) is 43.0 Å². The summed E-state index contributed by atoms with van der Waals surface area (Å²) in [4.78, 5) is 42.0. The first kappa shape index (κ1) is 26.2. The van der Waals surface area contributed by atoms with E-state index in [2.05, 4.69) is 15.0 Å². The normalized spacial score (nSPS) is 35.6. The average Bonchev–Trinajstić information content (AvgIpc) is 3.22. The summed E-state index contributed by atoms with van der Waals surface area (Å²) in [6, 6.07) is -0.774. The maximum Gasteiger partial charge on any atom is 0.439 e. The molecule has 4 saturated carbocycles. The van der Waals surface area contributed by atoms with Crippen molar-refractivity contribution in [3.63, 3.8) is 0 Å². The second-order valence-electron chi connectivity index (χ2n) is 10.8. The second-order valence-corrected chi connectivity index (χ2v) is 12.6. The lowest BCUT2D eigenvalue weighted by Crippen LogP contribution is -2.51. The Hall–Kier alpha value is -2.43. The number of H-pyrrole nitrogens is 1. The Kier molecular flexibility index (Phi) is 7.10. The zero-order valence-corrected chi connectivity index (χ0v) is 21.8. The van der Waals surface area contributed by atoms with Gasteiger partial charge in [0.05, 0.1) is 31.0 Å². The van der Waals surface area contributed by atoms with Crippen molar-refractivity contribution in [3.8, 4) is 0 Å². The van der Waals surface area contributed by atoms with Crippen molar-refractivity contribution in [2.24, 2.45) is 22.9 Å². The molecule has 37 heavy (non-hydrogen) atoms. The lowest BCUT2D eigenvalue weighted by atomic mass is 9.54. The molecule has 2 heterocycles. The molecular formula is C23H32N5O8P. The Bertz CT molecular complexity index is 1240. The Morgan fingerprint density at radius 3 is 2.49 bits per heavy atom. The highest BCUT2D eigenvalue weighted by molar-refractivity contribution is 7.71. The van der Waals surface area contributed by atoms with Crippen LogP contribution in [-0.2, 0) is 23.1 Å². The predicted molar refractivity (Wildman–Crippen MR) is 130 cm³/mol. The van der Waals surface area contributed by atoms with Gasteiger partial charge >= 0.3 is 19.0 Å². The second kappa shape index (κ2) is 10.0. The lowest BCUT2D eigenvalue weighted by molar-refractivity contribution is -0.114. The number of nitrogens with one attached hydrogen (secondary N) is 1. The molecule has 0 radical (unpaired) electrons. The molecule has 202 valence electrons. The summed E-state index contributed by atoms with van der Waals surface area (Å²) < 4.78 is 38.0. The maximum absolute atomic E-state index is 13.9. The summed E-state index contributed by atoms with van der Waals surface area (Å²) in [7, 11) is -4.38. The molecule has 0 amide bonds. The monoisotopic (exact) mass is 537 g/mol. The van der Waals surface area contributed by atoms with Crippen molar-refractivity contribution in [2.45, 2.75) is 82.8 Å². The van der Waals surface area contributed by atoms with Gasteiger partial charge in [-0.05, 0) is 75.7 Å². The minimum absolute atomic E-state index is 0.00818. The third-order valence-corrected chi connectivity index (χ3v) is 9.75. The molecule has 5 fully saturated rings. The quantitative estimate of drug-likeness (QED) is 0.211. The van der Waals surface area contributed by atoms with Gasteiger partial charge in [-0.1, -0.05) is 5.11 Å². The van der Waals surface area contributed by atoms with Crippen molar-refractivity contribution >= 4 is 13.3 Å². The molecule has 4 aliphatic carbocycles. The van der Waals surface area contributed by atoms with Gasteiger partial charge in [0.15, 0.2) is 0 Å². The molecule has 14 heteroatoms. The molecule has 13 nitrogen and oxygen atoms in total. The molecule has 1 N–H and O–H groups in total. The van der Waals surface area contributed by atoms with Crippen LogP contribution < -0.4 is 11.2 Å². The summed E-state index contributed by atoms with van der Waals surface area (Å²) in [6.07, 6.45) is 5.34. The number of aromatic nitrogens is 2. The van der Waals surface area contributed by atoms with Gasteiger partial charge < -0.3 is 9.47 Å². The molecule has 1 aliphatic heterocycles. The highest BCUT2D eigenvalue weighted by atomic mass is 31.2. The van der Waals surface area contributed by atoms with Crippen LogP contribution in [0.15, 0.2) is 20.9 Å². The fraction of sp³-hybridized carbons (Fsp3) is 0.783. The summed E-state index contributed by atoms with van der Waals surface area (Å²) in [6.45, 7) is 2.79. The van der Waals surface area contributed by atoms with E-state index in [-0.39, 0.29) is 19.6 Å². The highest BCUT2D eigenvalue weighted by Crippen LogP contribution is 2.64. The number of aryl methyl sites for hydroxylation is 1. The minimum atomic E-state index is -4.38. The number of nitrogens with zero attached hydrogens (tertiary/aromatic N) is 4. The number of hydrogen-bond acceptors (Lipinski definition) is 9. The van der Waals surface area contributed by atoms with Crippen LogP contribution in [0.4, 0.5) is 4.79 Å². The standard InChI is InChI=1S/C23H32N5O8P/c1-3-33-22(31)37(32,36-23-8-14-4-15(9-23)6-16(5-14)10-23)34-12-18-17(26-27-24)7-19(35-18)28-11-13(2)20(29)25-21(28)30/h11,14-19H,3-10,12H2,1-2H3,(H,25,29,30)/t14?,15?,16?,17-,18+,19+,23?,37?/m0/s1. The number of azide groups is 1. The first-order valence-corrected chi connectivity index (χ1v) is 14.3. The molecule has 5 aliphatic rings. The zero-order chi connectivity index (χ0) is 26.4. The smallest absolute Gasteiger partial charge is 0.439 e. The Morgan fingerprint density at radius 1 is 1.24 bits per heavy atom. The van der Waals surface area contributed by atoms with E-state index in [4.69, 9.17) is 24.1 Å². The number of carbonyl (C=O) groups excluding carboxylic acids is 1. The van der Waals surface area contributed by atoms with Crippen LogP contribution in [0.25, 0.3) is 10.4 Å². The summed E-state index contributed by atoms with van der Waals surface area (Å²) >= 11 is 0. The fourth-order valence-electron chi connectivity index (χ4n) is 6.91. The maximum atomic E-state index is 13.9. The number of ether oxygens (including phenoxy) is 2. The van der Waals surface area contributed by atoms with Gasteiger partial charge in [-0.25, -0.2) is 14.2 Å². The number of rotatable bonds is 9. The van der Waals surface area contributed by atoms with E-state index in [1.54, 1.807) is 13.8 Å². The Morgan fingerprint density at radius 2 is 1.89 bits per heavy atom. The van der Waals surface area contributed by atoms with Gasteiger partial charge in [-0.2, -0.15) is 0 Å². The molecule has 4 bridgehead atoms. The van der Waals surface area contributed by atoms with Crippen LogP contribution in [0.1, 0.15) is 63.7 Å². The molecular weight excluding hydrogens is 505 g/mol. The van der Waals surface area contributed by atoms with E-state index in [9.17, 15) is 18.9 Å². The summed E-state index contributed by atoms with van der Waals surface area (Å²) in [5.41, 5.74) is 6.45. The molecule has 6 rings (SSSR count). The topological polar surface area (TPSA) is 175 Å². The molecule has 0 spiro atoms. The van der Waals surface area contributed by atoms with Gasteiger partial charge in [0.1, 0.15) is 6.23 Å². The van der Waals surface area contributed by atoms with Gasteiger partial charge in [0.2, 0.25) is 0 Å². The molecule has 0 aromatic carbocycles. The lowest BCUT2D eigenvalue weighted by Gasteiger charge is -2.56. The van der Waals surface area contributed by atoms with Crippen LogP contribution in [0.2, 0.25) is 0 Å². The average molecular weight is 538 g/mol. The number of carbonyl (C=O) groups is 1. The van der Waals surface area contributed by atoms with E-state index in [0.29, 0.717) is 23.3 Å². The third kappa shape index (κ3) is 5.15. The van der Waals surface area contributed by atoms with Crippen molar-refractivity contribution < 1.29 is 27.9 Å². The van der Waals surface area contributed by atoms with Crippen molar-refractivity contribution in [2.75, 3.05) is 13.2 Å². The van der Waals surface area contributed by atoms with Gasteiger partial charge in [-0.15, -0.1) is 0 Å². The SMILES string of the molecule is CCOC(=O)P(=O)(OC[C@H]1O[C@@H](n2cc(C)c(=O)[nH]c2=O)C[C@@H]1N=[N+]=[N-])OC12CC3CC(CC(C3)C1)C2. The zero-order valence-electron chi connectivity index (χ0n) is 20.9. The molecule has 1 aromatic rings. The number of aromatic amines is 1. The first-order chi connectivity index (χ1) is 17.6. The summed E-state index contributed by atoms with van der Waals surface area (Å²) in [5, 5.41) is 3.75. The van der Waals surface area contributed by atoms with Gasteiger partial charge in [0, 0.05) is 23.1 Å². The highest BCUT2D eigenvalue weighted by Gasteiger charge is 2.56. The largest absolute Gasteiger partial charge is 0.457 e. The molecule has 1 unspecified atom stereocenters. The van der Waals surface area contributed by atoms with Gasteiger partial charge in [0.25, 0.3) is 5.56 Å². The Labute approximate surface area is 213 Å². The fourth-order valence-corrected chi connectivity index (χ4v) is 8.51. The van der Waals surface area contributed by atoms with Crippen LogP contribution >= 0.6 is 7.60 Å². The van der Waals surface area contributed by atoms with E-state index in [1.165, 1.54) is 10.8 Å². The summed E-state index contributed by atoms with van der Waals surface area (Å²) in [5.74, 6) is 1.48. The van der Waals surface area contributed by atoms with E-state index in [0.717, 1.165) is 38.5 Å². The molecule has 4 atom stereocenters. The van der Waals surface area contributed by atoms with Crippen LogP contribution in [0, 0.1) is 24.7 Å². The third-order valence-electron chi connectivity index (χ3n) is 8.06.